The molecule has 19 heavy (non-hydrogen) atoms. The molecule has 0 amide bonds. The molecule has 0 aliphatic rings. The van der Waals surface area contributed by atoms with Gasteiger partial charge in [-0.15, -0.1) is 0 Å². The third-order valence-corrected chi connectivity index (χ3v) is 3.51. The minimum Gasteiger partial charge on any atom is -0.481 e. The number of fused-ring (bicyclic) bond motifs is 1. The number of carboxylic acids is 1. The summed E-state index contributed by atoms with van der Waals surface area (Å²) in [7, 11) is 1.56. The highest BCUT2D eigenvalue weighted by Crippen LogP contribution is 2.30. The quantitative estimate of drug-likeness (QED) is 0.855. The van der Waals surface area contributed by atoms with E-state index in [0.29, 0.717) is 16.7 Å². The van der Waals surface area contributed by atoms with Gasteiger partial charge in [0.1, 0.15) is 0 Å². The van der Waals surface area contributed by atoms with Gasteiger partial charge in [0, 0.05) is 13.7 Å². The number of benzene rings is 1. The van der Waals surface area contributed by atoms with Crippen LogP contribution < -0.4 is 5.76 Å². The van der Waals surface area contributed by atoms with Crippen LogP contribution in [0, 0.1) is 0 Å². The zero-order chi connectivity index (χ0) is 14.2. The maximum absolute atomic E-state index is 11.4. The van der Waals surface area contributed by atoms with Crippen molar-refractivity contribution in [2.45, 2.75) is 18.8 Å². The summed E-state index contributed by atoms with van der Waals surface area (Å²) in [5.41, 5.74) is 0.273. The van der Waals surface area contributed by atoms with Crippen molar-refractivity contribution in [1.29, 1.82) is 0 Å². The molecule has 0 spiro atoms. The van der Waals surface area contributed by atoms with E-state index in [4.69, 9.17) is 9.52 Å². The summed E-state index contributed by atoms with van der Waals surface area (Å²) in [6.07, 6.45) is 0.0969. The lowest BCUT2D eigenvalue weighted by molar-refractivity contribution is -0.143. The first-order valence-electron chi connectivity index (χ1n) is 5.84. The highest BCUT2D eigenvalue weighted by molar-refractivity contribution is 5.83. The van der Waals surface area contributed by atoms with Crippen molar-refractivity contribution in [3.63, 3.8) is 0 Å². The Hall–Kier alpha value is -2.08. The van der Waals surface area contributed by atoms with Gasteiger partial charge in [-0.05, 0) is 31.0 Å². The maximum atomic E-state index is 11.4. The number of rotatable bonds is 4. The van der Waals surface area contributed by atoms with Gasteiger partial charge in [-0.25, -0.2) is 4.79 Å². The van der Waals surface area contributed by atoms with E-state index in [1.807, 2.05) is 0 Å². The molecule has 1 heterocycles. The van der Waals surface area contributed by atoms with Gasteiger partial charge in [0.05, 0.1) is 10.9 Å². The topological polar surface area (TPSA) is 92.7 Å². The number of aliphatic hydroxyl groups is 1. The lowest BCUT2D eigenvalue weighted by Crippen LogP contribution is -2.33. The number of oxazole rings is 1. The number of carboxylic acid groups (broad SMARTS) is 1. The fourth-order valence-corrected chi connectivity index (χ4v) is 2.07. The summed E-state index contributed by atoms with van der Waals surface area (Å²) in [6.45, 7) is 1.32. The molecule has 0 aliphatic carbocycles. The number of nitrogens with zero attached hydrogens (tertiary/aromatic N) is 1. The van der Waals surface area contributed by atoms with Crippen molar-refractivity contribution in [1.82, 2.24) is 4.57 Å². The molecule has 0 saturated carbocycles. The van der Waals surface area contributed by atoms with E-state index >= 15 is 0 Å². The zero-order valence-corrected chi connectivity index (χ0v) is 10.7. The number of aliphatic carboxylic acids is 1. The molecule has 0 radical (unpaired) electrons. The van der Waals surface area contributed by atoms with Crippen molar-refractivity contribution in [3.8, 4) is 0 Å². The summed E-state index contributed by atoms with van der Waals surface area (Å²) < 4.78 is 6.32. The highest BCUT2D eigenvalue weighted by Gasteiger charge is 2.35. The highest BCUT2D eigenvalue weighted by atomic mass is 16.4. The predicted octanol–water partition coefficient (Wildman–Crippen LogP) is 0.856. The monoisotopic (exact) mass is 265 g/mol. The van der Waals surface area contributed by atoms with E-state index in [2.05, 4.69) is 0 Å². The Kier molecular flexibility index (Phi) is 3.20. The molecule has 0 fully saturated rings. The second-order valence-corrected chi connectivity index (χ2v) is 4.72. The Balaban J connectivity index is 2.64. The van der Waals surface area contributed by atoms with E-state index in [-0.39, 0.29) is 13.0 Å². The minimum atomic E-state index is -1.20. The molecule has 1 atom stereocenters. The van der Waals surface area contributed by atoms with Crippen LogP contribution in [0.2, 0.25) is 0 Å². The van der Waals surface area contributed by atoms with Crippen molar-refractivity contribution in [2.24, 2.45) is 7.05 Å². The fourth-order valence-electron chi connectivity index (χ4n) is 2.07. The van der Waals surface area contributed by atoms with Gasteiger partial charge in [0.25, 0.3) is 0 Å². The fraction of sp³-hybridized carbons (Fsp3) is 0.385. The van der Waals surface area contributed by atoms with Crippen molar-refractivity contribution in [3.05, 3.63) is 34.3 Å². The average molecular weight is 265 g/mol. The van der Waals surface area contributed by atoms with E-state index in [1.165, 1.54) is 4.57 Å². The third-order valence-electron chi connectivity index (χ3n) is 3.51. The molecule has 6 heteroatoms. The molecule has 0 aliphatic heterocycles. The molecular weight excluding hydrogens is 250 g/mol. The van der Waals surface area contributed by atoms with E-state index in [0.717, 1.165) is 0 Å². The van der Waals surface area contributed by atoms with Gasteiger partial charge < -0.3 is 14.6 Å². The number of carbonyl (C=O) groups is 1. The van der Waals surface area contributed by atoms with Gasteiger partial charge in [0.15, 0.2) is 5.58 Å². The van der Waals surface area contributed by atoms with Crippen LogP contribution in [0.5, 0.6) is 0 Å². The number of aromatic nitrogens is 1. The molecule has 2 N–H and O–H groups in total. The van der Waals surface area contributed by atoms with E-state index in [1.54, 1.807) is 32.2 Å². The number of hydrogen-bond acceptors (Lipinski definition) is 4. The standard InChI is InChI=1S/C13H15NO5/c1-13(5-6-15,11(16)17)8-3-4-10-9(7-8)14(2)12(18)19-10/h3-4,7,15H,5-6H2,1-2H3,(H,16,17). The van der Waals surface area contributed by atoms with Gasteiger partial charge in [-0.1, -0.05) is 6.07 Å². The Morgan fingerprint density at radius 1 is 1.47 bits per heavy atom. The Morgan fingerprint density at radius 3 is 2.74 bits per heavy atom. The molecule has 102 valence electrons. The van der Waals surface area contributed by atoms with Crippen LogP contribution in [0.15, 0.2) is 27.4 Å². The summed E-state index contributed by atoms with van der Waals surface area (Å²) in [5.74, 6) is -1.51. The lowest BCUT2D eigenvalue weighted by atomic mass is 9.79. The molecule has 0 saturated heterocycles. The van der Waals surface area contributed by atoms with E-state index in [9.17, 15) is 14.7 Å². The van der Waals surface area contributed by atoms with Crippen molar-refractivity contribution in [2.75, 3.05) is 6.61 Å². The first-order valence-corrected chi connectivity index (χ1v) is 5.84. The number of aryl methyl sites for hydroxylation is 1. The summed E-state index contributed by atoms with van der Waals surface area (Å²) >= 11 is 0. The Bertz CT molecular complexity index is 684. The third kappa shape index (κ3) is 2.04. The van der Waals surface area contributed by atoms with Gasteiger partial charge >= 0.3 is 11.7 Å². The lowest BCUT2D eigenvalue weighted by Gasteiger charge is -2.24. The maximum Gasteiger partial charge on any atom is 0.419 e. The van der Waals surface area contributed by atoms with Crippen LogP contribution in [-0.4, -0.2) is 27.4 Å². The van der Waals surface area contributed by atoms with Crippen LogP contribution in [0.1, 0.15) is 18.9 Å². The summed E-state index contributed by atoms with van der Waals surface area (Å²) in [4.78, 5) is 22.8. The molecule has 6 nitrogen and oxygen atoms in total. The van der Waals surface area contributed by atoms with Crippen molar-refractivity contribution < 1.29 is 19.4 Å². The molecule has 2 rings (SSSR count). The summed E-state index contributed by atoms with van der Waals surface area (Å²) in [5, 5.41) is 18.4. The predicted molar refractivity (Wildman–Crippen MR) is 68.1 cm³/mol. The average Bonchev–Trinajstić information content (AvgIpc) is 2.65. The minimum absolute atomic E-state index is 0.0969. The Morgan fingerprint density at radius 2 is 2.16 bits per heavy atom. The van der Waals surface area contributed by atoms with Crippen LogP contribution >= 0.6 is 0 Å². The summed E-state index contributed by atoms with van der Waals surface area (Å²) in [6, 6.07) is 4.80. The molecule has 1 aromatic heterocycles. The molecule has 0 bridgehead atoms. The zero-order valence-electron chi connectivity index (χ0n) is 10.7. The van der Waals surface area contributed by atoms with Gasteiger partial charge in [0.2, 0.25) is 0 Å². The van der Waals surface area contributed by atoms with Crippen LogP contribution in [-0.2, 0) is 17.3 Å². The van der Waals surface area contributed by atoms with Crippen LogP contribution in [0.4, 0.5) is 0 Å². The first kappa shape index (κ1) is 13.4. The largest absolute Gasteiger partial charge is 0.481 e. The second kappa shape index (κ2) is 4.55. The number of aliphatic hydroxyl groups excluding tert-OH is 1. The van der Waals surface area contributed by atoms with Crippen molar-refractivity contribution >= 4 is 17.1 Å². The first-order chi connectivity index (χ1) is 8.90. The molecular formula is C13H15NO5. The second-order valence-electron chi connectivity index (χ2n) is 4.72. The van der Waals surface area contributed by atoms with Crippen LogP contribution in [0.3, 0.4) is 0 Å². The normalized spacial score (nSPS) is 14.5. The SMILES string of the molecule is Cn1c(=O)oc2ccc(C(C)(CCO)C(=O)O)cc21. The van der Waals surface area contributed by atoms with Crippen LogP contribution in [0.25, 0.3) is 11.1 Å². The van der Waals surface area contributed by atoms with Gasteiger partial charge in [-0.2, -0.15) is 0 Å². The smallest absolute Gasteiger partial charge is 0.419 e. The molecule has 1 aromatic carbocycles. The van der Waals surface area contributed by atoms with E-state index < -0.39 is 17.1 Å². The number of hydrogen-bond donors (Lipinski definition) is 2. The van der Waals surface area contributed by atoms with Gasteiger partial charge in [-0.3, -0.25) is 9.36 Å². The molecule has 2 aromatic rings. The molecule has 1 unspecified atom stereocenters. The Labute approximate surface area is 108 Å².